The largest absolute Gasteiger partial charge is 0.478 e. The molecule has 0 saturated carbocycles. The third kappa shape index (κ3) is 37.7. The number of hydrogen-bond acceptors (Lipinski definition) is 3. The van der Waals surface area contributed by atoms with Crippen LogP contribution >= 0.6 is 0 Å². The van der Waals surface area contributed by atoms with E-state index in [0.717, 1.165) is 6.08 Å². The van der Waals surface area contributed by atoms with Gasteiger partial charge in [0.15, 0.2) is 0 Å². The molecule has 5 nitrogen and oxygen atoms in total. The molecule has 0 aliphatic rings. The lowest BCUT2D eigenvalue weighted by molar-refractivity contribution is -0.131. The van der Waals surface area contributed by atoms with Gasteiger partial charge in [-0.25, -0.2) is 9.59 Å². The van der Waals surface area contributed by atoms with Crippen molar-refractivity contribution in [3.05, 3.63) is 12.7 Å². The van der Waals surface area contributed by atoms with Crippen LogP contribution in [0.3, 0.4) is 0 Å². The number of aliphatic carboxylic acids is 1. The van der Waals surface area contributed by atoms with Crippen molar-refractivity contribution in [3.63, 3.8) is 0 Å². The molecule has 0 aliphatic heterocycles. The molecular weight excluding hydrogens is 178 g/mol. The van der Waals surface area contributed by atoms with Gasteiger partial charge >= 0.3 is 12.1 Å². The smallest absolute Gasteiger partial charge is 0.404 e. The minimum Gasteiger partial charge on any atom is -0.478 e. The summed E-state index contributed by atoms with van der Waals surface area (Å²) >= 11 is 0. The first-order valence-corrected chi connectivity index (χ1v) is 2.82. The average molecular weight is 189 g/mol. The van der Waals surface area contributed by atoms with Crippen LogP contribution in [0.15, 0.2) is 12.7 Å². The van der Waals surface area contributed by atoms with E-state index >= 15 is 0 Å². The Morgan fingerprint density at radius 2 is 2.00 bits per heavy atom. The number of nitrogens with two attached hydrogens (primary N) is 1. The van der Waals surface area contributed by atoms with E-state index in [1.165, 1.54) is 0 Å². The lowest BCUT2D eigenvalue weighted by Gasteiger charge is -1.89. The number of carboxylic acid groups (broad SMARTS) is 1. The number of carbonyl (C=O) groups is 2. The number of rotatable bonds is 2. The second-order valence-electron chi connectivity index (χ2n) is 1.29. The summed E-state index contributed by atoms with van der Waals surface area (Å²) in [4.78, 5) is 18.8. The van der Waals surface area contributed by atoms with E-state index in [0.29, 0.717) is 6.61 Å². The highest BCUT2D eigenvalue weighted by molar-refractivity contribution is 5.78. The van der Waals surface area contributed by atoms with Crippen molar-refractivity contribution in [3.8, 4) is 0 Å². The van der Waals surface area contributed by atoms with Gasteiger partial charge < -0.3 is 15.6 Å². The quantitative estimate of drug-likeness (QED) is 0.472. The van der Waals surface area contributed by atoms with E-state index in [4.69, 9.17) is 5.11 Å². The molecule has 0 rings (SSSR count). The van der Waals surface area contributed by atoms with E-state index in [-0.39, 0.29) is 11.0 Å². The molecule has 0 fully saturated rings. The van der Waals surface area contributed by atoms with Crippen LogP contribution in [0.2, 0.25) is 0 Å². The summed E-state index contributed by atoms with van der Waals surface area (Å²) in [5, 5.41) is 7.60. The van der Waals surface area contributed by atoms with Gasteiger partial charge in [-0.15, -0.1) is 0 Å². The van der Waals surface area contributed by atoms with E-state index in [1.54, 1.807) is 6.92 Å². The van der Waals surface area contributed by atoms with Crippen LogP contribution in [-0.4, -0.2) is 34.7 Å². The molecular formula is C6H11NO4Si. The Morgan fingerprint density at radius 3 is 2.00 bits per heavy atom. The molecule has 68 valence electrons. The molecule has 0 aromatic heterocycles. The fourth-order valence-corrected chi connectivity index (χ4v) is 0.142. The number of primary amides is 1. The van der Waals surface area contributed by atoms with Gasteiger partial charge in [0.25, 0.3) is 0 Å². The van der Waals surface area contributed by atoms with Crippen molar-refractivity contribution >= 4 is 23.0 Å². The van der Waals surface area contributed by atoms with Gasteiger partial charge in [-0.05, 0) is 6.92 Å². The molecule has 3 N–H and O–H groups in total. The van der Waals surface area contributed by atoms with Gasteiger partial charge in [0, 0.05) is 17.0 Å². The van der Waals surface area contributed by atoms with Gasteiger partial charge in [0.1, 0.15) is 0 Å². The summed E-state index contributed by atoms with van der Waals surface area (Å²) in [7, 11) is 0. The lowest BCUT2D eigenvalue weighted by atomic mass is 10.7. The molecule has 0 aliphatic carbocycles. The first-order valence-electron chi connectivity index (χ1n) is 2.82. The van der Waals surface area contributed by atoms with E-state index in [9.17, 15) is 9.59 Å². The predicted molar refractivity (Wildman–Crippen MR) is 44.8 cm³/mol. The van der Waals surface area contributed by atoms with Crippen LogP contribution in [0.25, 0.3) is 0 Å². The summed E-state index contributed by atoms with van der Waals surface area (Å²) in [6.45, 7) is 5.02. The first kappa shape index (κ1) is 17.0. The fraction of sp³-hybridized carbons (Fsp3) is 0.333. The molecule has 0 spiro atoms. The van der Waals surface area contributed by atoms with Crippen LogP contribution in [0.1, 0.15) is 6.92 Å². The van der Waals surface area contributed by atoms with Gasteiger partial charge in [-0.2, -0.15) is 0 Å². The molecule has 4 radical (unpaired) electrons. The molecule has 6 heteroatoms. The summed E-state index contributed by atoms with van der Waals surface area (Å²) in [6.07, 6.45) is 0.123. The van der Waals surface area contributed by atoms with Crippen LogP contribution in [0, 0.1) is 0 Å². The van der Waals surface area contributed by atoms with Crippen molar-refractivity contribution in [1.82, 2.24) is 0 Å². The number of amides is 1. The topological polar surface area (TPSA) is 89.6 Å². The highest BCUT2D eigenvalue weighted by Crippen LogP contribution is 1.66. The Bertz CT molecular complexity index is 148. The van der Waals surface area contributed by atoms with Crippen LogP contribution in [-0.2, 0) is 9.53 Å². The number of hydrogen-bond donors (Lipinski definition) is 2. The molecule has 0 atom stereocenters. The Balaban J connectivity index is -0.000000126. The highest BCUT2D eigenvalue weighted by Gasteiger charge is 1.82. The highest BCUT2D eigenvalue weighted by atomic mass is 28.1. The first-order chi connectivity index (χ1) is 5.04. The summed E-state index contributed by atoms with van der Waals surface area (Å²) in [5.74, 6) is -0.981. The second-order valence-corrected chi connectivity index (χ2v) is 1.29. The third-order valence-corrected chi connectivity index (χ3v) is 0.461. The van der Waals surface area contributed by atoms with Crippen LogP contribution in [0.4, 0.5) is 4.79 Å². The monoisotopic (exact) mass is 189 g/mol. The van der Waals surface area contributed by atoms with Crippen molar-refractivity contribution < 1.29 is 19.4 Å². The Kier molecular flexibility index (Phi) is 17.5. The van der Waals surface area contributed by atoms with Crippen LogP contribution in [0.5, 0.6) is 0 Å². The molecule has 0 aromatic carbocycles. The second kappa shape index (κ2) is 12.4. The normalized spacial score (nSPS) is 6.42. The summed E-state index contributed by atoms with van der Waals surface area (Å²) in [6, 6.07) is 0. The number of carbonyl (C=O) groups excluding carboxylic acids is 1. The zero-order valence-corrected chi connectivity index (χ0v) is 7.74. The summed E-state index contributed by atoms with van der Waals surface area (Å²) < 4.78 is 4.18. The maximum atomic E-state index is 9.60. The maximum absolute atomic E-state index is 9.60. The molecule has 0 bridgehead atoms. The molecule has 0 aromatic rings. The van der Waals surface area contributed by atoms with E-state index in [2.05, 4.69) is 17.0 Å². The standard InChI is InChI=1S/C3H7NO2.C3H4O2.Si/c1-2-6-3(4)5;1-2-3(4)5;/h2H2,1H3,(H2,4,5);2H,1H2,(H,4,5);. The van der Waals surface area contributed by atoms with Gasteiger partial charge in [0.2, 0.25) is 0 Å². The Labute approximate surface area is 75.2 Å². The van der Waals surface area contributed by atoms with Gasteiger partial charge in [-0.3, -0.25) is 0 Å². The molecule has 0 heterocycles. The Hall–Kier alpha value is -1.30. The van der Waals surface area contributed by atoms with Crippen molar-refractivity contribution in [2.75, 3.05) is 6.61 Å². The minimum absolute atomic E-state index is 0. The average Bonchev–Trinajstić information content (AvgIpc) is 1.89. The van der Waals surface area contributed by atoms with E-state index in [1.807, 2.05) is 0 Å². The van der Waals surface area contributed by atoms with Crippen molar-refractivity contribution in [1.29, 1.82) is 0 Å². The predicted octanol–water partition coefficient (Wildman–Crippen LogP) is -0.0222. The molecule has 0 unspecified atom stereocenters. The Morgan fingerprint density at radius 1 is 1.67 bits per heavy atom. The zero-order valence-electron chi connectivity index (χ0n) is 6.74. The molecule has 1 amide bonds. The number of ether oxygens (including phenoxy) is 1. The van der Waals surface area contributed by atoms with Crippen molar-refractivity contribution in [2.45, 2.75) is 6.92 Å². The molecule has 0 saturated heterocycles. The third-order valence-electron chi connectivity index (χ3n) is 0.461. The zero-order chi connectivity index (χ0) is 9.28. The van der Waals surface area contributed by atoms with Crippen LogP contribution < -0.4 is 5.73 Å². The number of carboxylic acids is 1. The SMILES string of the molecule is C=CC(=O)O.CCOC(N)=O.[Si]. The maximum Gasteiger partial charge on any atom is 0.404 e. The van der Waals surface area contributed by atoms with Gasteiger partial charge in [0.05, 0.1) is 6.61 Å². The molecule has 12 heavy (non-hydrogen) atoms. The summed E-state index contributed by atoms with van der Waals surface area (Å²) in [5.41, 5.74) is 4.54. The fourth-order valence-electron chi connectivity index (χ4n) is 0.142. The van der Waals surface area contributed by atoms with Crippen molar-refractivity contribution in [2.24, 2.45) is 5.73 Å². The van der Waals surface area contributed by atoms with Gasteiger partial charge in [-0.1, -0.05) is 6.58 Å². The van der Waals surface area contributed by atoms with E-state index < -0.39 is 12.1 Å². The lowest BCUT2D eigenvalue weighted by Crippen LogP contribution is -2.11. The minimum atomic E-state index is -0.981.